The summed E-state index contributed by atoms with van der Waals surface area (Å²) in [5, 5.41) is 3.00. The van der Waals surface area contributed by atoms with E-state index in [2.05, 4.69) is 49.0 Å². The van der Waals surface area contributed by atoms with E-state index in [-0.39, 0.29) is 0 Å². The molecule has 112 valence electrons. The third-order valence-electron chi connectivity index (χ3n) is 3.81. The van der Waals surface area contributed by atoms with Gasteiger partial charge in [-0.2, -0.15) is 15.0 Å². The molecule has 1 atom stereocenters. The van der Waals surface area contributed by atoms with Crippen molar-refractivity contribution < 1.29 is 0 Å². The van der Waals surface area contributed by atoms with Gasteiger partial charge in [0.1, 0.15) is 6.33 Å². The Morgan fingerprint density at radius 1 is 1.19 bits per heavy atom. The largest absolute Gasteiger partial charge is 0.357 e. The highest BCUT2D eigenvalue weighted by Crippen LogP contribution is 2.17. The van der Waals surface area contributed by atoms with Gasteiger partial charge in [-0.1, -0.05) is 0 Å². The number of aromatic nitrogens is 5. The maximum absolute atomic E-state index is 4.58. The molecule has 0 bridgehead atoms. The van der Waals surface area contributed by atoms with Crippen molar-refractivity contribution in [2.24, 2.45) is 0 Å². The first-order valence-electron chi connectivity index (χ1n) is 7.04. The van der Waals surface area contributed by atoms with Gasteiger partial charge >= 0.3 is 0 Å². The van der Waals surface area contributed by atoms with Crippen LogP contribution in [-0.2, 0) is 0 Å². The van der Waals surface area contributed by atoms with Crippen LogP contribution < -0.4 is 10.2 Å². The van der Waals surface area contributed by atoms with Gasteiger partial charge in [0.2, 0.25) is 17.8 Å². The molecule has 3 heterocycles. The van der Waals surface area contributed by atoms with Crippen molar-refractivity contribution in [1.82, 2.24) is 29.4 Å². The van der Waals surface area contributed by atoms with E-state index in [1.165, 1.54) is 0 Å². The van der Waals surface area contributed by atoms with Gasteiger partial charge < -0.3 is 15.1 Å². The van der Waals surface area contributed by atoms with Crippen LogP contribution in [0.1, 0.15) is 6.92 Å². The van der Waals surface area contributed by atoms with E-state index in [4.69, 9.17) is 0 Å². The third-order valence-corrected chi connectivity index (χ3v) is 3.81. The fourth-order valence-corrected chi connectivity index (χ4v) is 2.33. The van der Waals surface area contributed by atoms with Gasteiger partial charge in [-0.15, -0.1) is 0 Å². The van der Waals surface area contributed by atoms with Crippen LogP contribution in [0.3, 0.4) is 0 Å². The summed E-state index contributed by atoms with van der Waals surface area (Å²) >= 11 is 0. The molecular weight excluding hydrogens is 268 g/mol. The van der Waals surface area contributed by atoms with Crippen LogP contribution in [0.2, 0.25) is 0 Å². The highest BCUT2D eigenvalue weighted by Gasteiger charge is 2.23. The van der Waals surface area contributed by atoms with E-state index in [9.17, 15) is 0 Å². The molecular formula is C13H20N8. The minimum absolute atomic E-state index is 0.477. The molecule has 1 aliphatic heterocycles. The second kappa shape index (κ2) is 5.65. The SMILES string of the molecule is CNc1nc(N2CCN(C)C(C)C2)nc(-n2ccnc2)n1. The zero-order valence-corrected chi connectivity index (χ0v) is 12.6. The first-order chi connectivity index (χ1) is 10.2. The Bertz CT molecular complexity index is 596. The van der Waals surface area contributed by atoms with Crippen molar-refractivity contribution in [1.29, 1.82) is 0 Å². The smallest absolute Gasteiger partial charge is 0.241 e. The monoisotopic (exact) mass is 288 g/mol. The van der Waals surface area contributed by atoms with Crippen LogP contribution in [0.4, 0.5) is 11.9 Å². The van der Waals surface area contributed by atoms with E-state index in [1.54, 1.807) is 17.1 Å². The quantitative estimate of drug-likeness (QED) is 0.867. The fraction of sp³-hybridized carbons (Fsp3) is 0.538. The first kappa shape index (κ1) is 13.7. The van der Waals surface area contributed by atoms with Gasteiger partial charge in [0.15, 0.2) is 0 Å². The topological polar surface area (TPSA) is 75.0 Å². The molecule has 0 aliphatic carbocycles. The molecule has 3 rings (SSSR count). The molecule has 0 aromatic carbocycles. The molecule has 1 fully saturated rings. The van der Waals surface area contributed by atoms with E-state index in [0.717, 1.165) is 19.6 Å². The van der Waals surface area contributed by atoms with E-state index in [0.29, 0.717) is 23.9 Å². The van der Waals surface area contributed by atoms with Gasteiger partial charge in [-0.3, -0.25) is 4.57 Å². The van der Waals surface area contributed by atoms with Gasteiger partial charge in [-0.25, -0.2) is 4.98 Å². The molecule has 1 N–H and O–H groups in total. The zero-order valence-electron chi connectivity index (χ0n) is 12.6. The molecule has 21 heavy (non-hydrogen) atoms. The number of rotatable bonds is 3. The lowest BCUT2D eigenvalue weighted by atomic mass is 10.2. The van der Waals surface area contributed by atoms with Crippen LogP contribution in [0, 0.1) is 0 Å². The maximum atomic E-state index is 4.58. The normalized spacial score (nSPS) is 19.8. The van der Waals surface area contributed by atoms with Gasteiger partial charge in [0.05, 0.1) is 0 Å². The Labute approximate surface area is 123 Å². The summed E-state index contributed by atoms with van der Waals surface area (Å²) in [6, 6.07) is 0.477. The Balaban J connectivity index is 1.93. The van der Waals surface area contributed by atoms with Crippen LogP contribution >= 0.6 is 0 Å². The van der Waals surface area contributed by atoms with Crippen LogP contribution in [0.5, 0.6) is 0 Å². The molecule has 1 saturated heterocycles. The number of piperazine rings is 1. The third kappa shape index (κ3) is 2.80. The zero-order chi connectivity index (χ0) is 14.8. The van der Waals surface area contributed by atoms with Crippen molar-refractivity contribution in [2.75, 3.05) is 43.9 Å². The summed E-state index contributed by atoms with van der Waals surface area (Å²) in [5.41, 5.74) is 0. The summed E-state index contributed by atoms with van der Waals surface area (Å²) in [6.45, 7) is 5.04. The summed E-state index contributed by atoms with van der Waals surface area (Å²) < 4.78 is 1.78. The van der Waals surface area contributed by atoms with Crippen molar-refractivity contribution in [2.45, 2.75) is 13.0 Å². The average molecular weight is 288 g/mol. The summed E-state index contributed by atoms with van der Waals surface area (Å²) in [7, 11) is 3.95. The predicted molar refractivity (Wildman–Crippen MR) is 80.8 cm³/mol. The number of hydrogen-bond acceptors (Lipinski definition) is 7. The number of nitrogens with zero attached hydrogens (tertiary/aromatic N) is 7. The minimum atomic E-state index is 0.477. The highest BCUT2D eigenvalue weighted by atomic mass is 15.4. The van der Waals surface area contributed by atoms with Crippen molar-refractivity contribution in [3.05, 3.63) is 18.7 Å². The lowest BCUT2D eigenvalue weighted by molar-refractivity contribution is 0.232. The lowest BCUT2D eigenvalue weighted by Crippen LogP contribution is -2.50. The highest BCUT2D eigenvalue weighted by molar-refractivity contribution is 5.40. The molecule has 0 amide bonds. The molecule has 2 aromatic heterocycles. The summed E-state index contributed by atoms with van der Waals surface area (Å²) in [5.74, 6) is 1.85. The average Bonchev–Trinajstić information content (AvgIpc) is 3.04. The number of imidazole rings is 1. The van der Waals surface area contributed by atoms with Crippen molar-refractivity contribution in [3.8, 4) is 5.95 Å². The second-order valence-corrected chi connectivity index (χ2v) is 5.25. The van der Waals surface area contributed by atoms with E-state index >= 15 is 0 Å². The molecule has 0 spiro atoms. The standard InChI is InChI=1S/C13H20N8/c1-10-8-20(7-6-19(10)3)12-16-11(14-2)17-13(18-12)21-5-4-15-9-21/h4-5,9-10H,6-8H2,1-3H3,(H,14,16,17,18). The molecule has 0 saturated carbocycles. The maximum Gasteiger partial charge on any atom is 0.241 e. The Hall–Kier alpha value is -2.22. The van der Waals surface area contributed by atoms with Crippen LogP contribution in [-0.4, -0.2) is 69.2 Å². The second-order valence-electron chi connectivity index (χ2n) is 5.25. The molecule has 2 aromatic rings. The Kier molecular flexibility index (Phi) is 3.70. The molecule has 1 unspecified atom stereocenters. The molecule has 0 radical (unpaired) electrons. The van der Waals surface area contributed by atoms with Gasteiger partial charge in [0, 0.05) is 45.1 Å². The van der Waals surface area contributed by atoms with Gasteiger partial charge in [0.25, 0.3) is 0 Å². The Morgan fingerprint density at radius 3 is 2.67 bits per heavy atom. The van der Waals surface area contributed by atoms with Gasteiger partial charge in [-0.05, 0) is 14.0 Å². The fourth-order valence-electron chi connectivity index (χ4n) is 2.33. The summed E-state index contributed by atoms with van der Waals surface area (Å²) in [4.78, 5) is 22.0. The van der Waals surface area contributed by atoms with Crippen LogP contribution in [0.25, 0.3) is 5.95 Å². The minimum Gasteiger partial charge on any atom is -0.357 e. The molecule has 1 aliphatic rings. The number of anilines is 2. The molecule has 8 nitrogen and oxygen atoms in total. The number of nitrogens with one attached hydrogen (secondary N) is 1. The summed E-state index contributed by atoms with van der Waals surface area (Å²) in [6.07, 6.45) is 5.22. The first-order valence-corrected chi connectivity index (χ1v) is 7.04. The molecule has 8 heteroatoms. The van der Waals surface area contributed by atoms with Crippen molar-refractivity contribution >= 4 is 11.9 Å². The number of hydrogen-bond donors (Lipinski definition) is 1. The van der Waals surface area contributed by atoms with E-state index < -0.39 is 0 Å². The van der Waals surface area contributed by atoms with E-state index in [1.807, 2.05) is 13.2 Å². The van der Waals surface area contributed by atoms with Crippen LogP contribution in [0.15, 0.2) is 18.7 Å². The lowest BCUT2D eigenvalue weighted by Gasteiger charge is -2.37. The van der Waals surface area contributed by atoms with Crippen molar-refractivity contribution in [3.63, 3.8) is 0 Å². The predicted octanol–water partition coefficient (Wildman–Crippen LogP) is 0.239. The number of likely N-dealkylation sites (N-methyl/N-ethyl adjacent to an activating group) is 1. The Morgan fingerprint density at radius 2 is 2.00 bits per heavy atom.